The lowest BCUT2D eigenvalue weighted by Gasteiger charge is -2.12. The van der Waals surface area contributed by atoms with Crippen molar-refractivity contribution in [2.75, 3.05) is 16.3 Å². The summed E-state index contributed by atoms with van der Waals surface area (Å²) in [5, 5.41) is 11.5. The van der Waals surface area contributed by atoms with Crippen LogP contribution in [0.5, 0.6) is 0 Å². The maximum Gasteiger partial charge on any atom is 0.325 e. The summed E-state index contributed by atoms with van der Waals surface area (Å²) in [7, 11) is -3.33. The van der Waals surface area contributed by atoms with Crippen LogP contribution in [-0.4, -0.2) is 31.8 Å². The van der Waals surface area contributed by atoms with Crippen LogP contribution in [0.15, 0.2) is 24.3 Å². The molecule has 0 spiro atoms. The number of hydrogen-bond acceptors (Lipinski definition) is 4. The van der Waals surface area contributed by atoms with Gasteiger partial charge in [-0.1, -0.05) is 6.07 Å². The van der Waals surface area contributed by atoms with E-state index in [0.717, 1.165) is 6.26 Å². The Hall–Kier alpha value is -1.76. The molecule has 0 heterocycles. The second kappa shape index (κ2) is 5.05. The van der Waals surface area contributed by atoms with E-state index in [1.165, 1.54) is 13.0 Å². The Labute approximate surface area is 99.7 Å². The van der Waals surface area contributed by atoms with Gasteiger partial charge in [-0.15, -0.1) is 0 Å². The Bertz CT molecular complexity index is 513. The van der Waals surface area contributed by atoms with Crippen molar-refractivity contribution in [3.8, 4) is 0 Å². The van der Waals surface area contributed by atoms with Crippen molar-refractivity contribution < 1.29 is 18.3 Å². The topological polar surface area (TPSA) is 95.5 Å². The third kappa shape index (κ3) is 4.73. The number of aliphatic carboxylic acids is 1. The highest BCUT2D eigenvalue weighted by atomic mass is 32.2. The molecule has 17 heavy (non-hydrogen) atoms. The minimum absolute atomic E-state index is 0.384. The van der Waals surface area contributed by atoms with Crippen molar-refractivity contribution in [1.29, 1.82) is 0 Å². The summed E-state index contributed by atoms with van der Waals surface area (Å²) < 4.78 is 24.3. The first kappa shape index (κ1) is 13.3. The molecular formula is C10H14N2O4S. The minimum atomic E-state index is -3.33. The monoisotopic (exact) mass is 258 g/mol. The molecule has 1 atom stereocenters. The maximum absolute atomic E-state index is 11.0. The van der Waals surface area contributed by atoms with Gasteiger partial charge in [0.25, 0.3) is 0 Å². The molecular weight excluding hydrogens is 244 g/mol. The molecule has 1 rings (SSSR count). The molecule has 7 heteroatoms. The molecule has 3 N–H and O–H groups in total. The number of rotatable bonds is 5. The predicted molar refractivity (Wildman–Crippen MR) is 65.6 cm³/mol. The Morgan fingerprint density at radius 1 is 1.35 bits per heavy atom. The van der Waals surface area contributed by atoms with Crippen LogP contribution in [0.4, 0.5) is 11.4 Å². The van der Waals surface area contributed by atoms with Crippen LogP contribution >= 0.6 is 0 Å². The van der Waals surface area contributed by atoms with Crippen LogP contribution in [0.3, 0.4) is 0 Å². The number of sulfonamides is 1. The Morgan fingerprint density at radius 3 is 2.47 bits per heavy atom. The van der Waals surface area contributed by atoms with E-state index >= 15 is 0 Å². The molecule has 0 amide bonds. The lowest BCUT2D eigenvalue weighted by molar-refractivity contribution is -0.137. The zero-order chi connectivity index (χ0) is 13.1. The highest BCUT2D eigenvalue weighted by Crippen LogP contribution is 2.16. The second-order valence-corrected chi connectivity index (χ2v) is 5.41. The molecule has 6 nitrogen and oxygen atoms in total. The van der Waals surface area contributed by atoms with Crippen LogP contribution in [0.1, 0.15) is 6.92 Å². The average Bonchev–Trinajstić information content (AvgIpc) is 2.15. The molecule has 0 bridgehead atoms. The number of hydrogen-bond donors (Lipinski definition) is 3. The van der Waals surface area contributed by atoms with Gasteiger partial charge in [0.2, 0.25) is 10.0 Å². The van der Waals surface area contributed by atoms with Gasteiger partial charge in [0.15, 0.2) is 0 Å². The van der Waals surface area contributed by atoms with Crippen molar-refractivity contribution >= 4 is 27.4 Å². The molecule has 1 unspecified atom stereocenters. The SMILES string of the molecule is CC(Nc1cccc(NS(C)(=O)=O)c1)C(=O)O. The summed E-state index contributed by atoms with van der Waals surface area (Å²) in [5.41, 5.74) is 0.920. The maximum atomic E-state index is 11.0. The quantitative estimate of drug-likeness (QED) is 0.730. The first-order valence-electron chi connectivity index (χ1n) is 4.85. The van der Waals surface area contributed by atoms with Gasteiger partial charge in [0.1, 0.15) is 6.04 Å². The first-order chi connectivity index (χ1) is 7.78. The lowest BCUT2D eigenvalue weighted by atomic mass is 10.2. The van der Waals surface area contributed by atoms with Crippen LogP contribution in [0.25, 0.3) is 0 Å². The fourth-order valence-electron chi connectivity index (χ4n) is 1.20. The smallest absolute Gasteiger partial charge is 0.325 e. The van der Waals surface area contributed by atoms with Gasteiger partial charge in [-0.2, -0.15) is 0 Å². The second-order valence-electron chi connectivity index (χ2n) is 3.66. The zero-order valence-corrected chi connectivity index (χ0v) is 10.3. The highest BCUT2D eigenvalue weighted by Gasteiger charge is 2.10. The number of carboxylic acid groups (broad SMARTS) is 1. The van der Waals surface area contributed by atoms with Crippen molar-refractivity contribution in [2.45, 2.75) is 13.0 Å². The summed E-state index contributed by atoms with van der Waals surface area (Å²) in [6, 6.07) is 5.65. The van der Waals surface area contributed by atoms with Gasteiger partial charge in [-0.3, -0.25) is 9.52 Å². The third-order valence-electron chi connectivity index (χ3n) is 1.92. The molecule has 0 aromatic heterocycles. The Kier molecular flexibility index (Phi) is 3.95. The van der Waals surface area contributed by atoms with Crippen LogP contribution in [0, 0.1) is 0 Å². The number of anilines is 2. The molecule has 0 aliphatic carbocycles. The van der Waals surface area contributed by atoms with Gasteiger partial charge >= 0.3 is 5.97 Å². The standard InChI is InChI=1S/C10H14N2O4S/c1-7(10(13)14)11-8-4-3-5-9(6-8)12-17(2,15)16/h3-7,11-12H,1-2H3,(H,13,14). The molecule has 0 saturated heterocycles. The highest BCUT2D eigenvalue weighted by molar-refractivity contribution is 7.92. The van der Waals surface area contributed by atoms with E-state index in [1.54, 1.807) is 18.2 Å². The van der Waals surface area contributed by atoms with E-state index < -0.39 is 22.0 Å². The largest absolute Gasteiger partial charge is 0.480 e. The van der Waals surface area contributed by atoms with E-state index in [1.807, 2.05) is 0 Å². The zero-order valence-electron chi connectivity index (χ0n) is 9.47. The van der Waals surface area contributed by atoms with Gasteiger partial charge in [-0.25, -0.2) is 8.42 Å². The van der Waals surface area contributed by atoms with Gasteiger partial charge in [0, 0.05) is 5.69 Å². The van der Waals surface area contributed by atoms with E-state index in [4.69, 9.17) is 5.11 Å². The molecule has 1 aromatic rings. The minimum Gasteiger partial charge on any atom is -0.480 e. The number of nitrogens with one attached hydrogen (secondary N) is 2. The van der Waals surface area contributed by atoms with E-state index in [-0.39, 0.29) is 0 Å². The van der Waals surface area contributed by atoms with Crippen molar-refractivity contribution in [1.82, 2.24) is 0 Å². The summed E-state index contributed by atoms with van der Waals surface area (Å²) in [6.07, 6.45) is 1.05. The van der Waals surface area contributed by atoms with E-state index in [2.05, 4.69) is 10.0 Å². The van der Waals surface area contributed by atoms with E-state index in [0.29, 0.717) is 11.4 Å². The van der Waals surface area contributed by atoms with Crippen molar-refractivity contribution in [3.05, 3.63) is 24.3 Å². The number of carbonyl (C=O) groups is 1. The molecule has 0 aliphatic rings. The van der Waals surface area contributed by atoms with Gasteiger partial charge < -0.3 is 10.4 Å². The number of carboxylic acids is 1. The average molecular weight is 258 g/mol. The Morgan fingerprint density at radius 2 is 1.94 bits per heavy atom. The molecule has 0 aliphatic heterocycles. The van der Waals surface area contributed by atoms with Crippen molar-refractivity contribution in [3.63, 3.8) is 0 Å². The molecule has 0 saturated carbocycles. The third-order valence-corrected chi connectivity index (χ3v) is 2.53. The Balaban J connectivity index is 2.83. The lowest BCUT2D eigenvalue weighted by Crippen LogP contribution is -2.25. The van der Waals surface area contributed by atoms with E-state index in [9.17, 15) is 13.2 Å². The molecule has 0 radical (unpaired) electrons. The summed E-state index contributed by atoms with van der Waals surface area (Å²) in [5.74, 6) is -0.980. The molecule has 0 fully saturated rings. The van der Waals surface area contributed by atoms with Gasteiger partial charge in [-0.05, 0) is 25.1 Å². The van der Waals surface area contributed by atoms with Crippen molar-refractivity contribution in [2.24, 2.45) is 0 Å². The van der Waals surface area contributed by atoms with Crippen LogP contribution in [-0.2, 0) is 14.8 Å². The normalized spacial score (nSPS) is 12.8. The first-order valence-corrected chi connectivity index (χ1v) is 6.74. The number of benzene rings is 1. The molecule has 1 aromatic carbocycles. The predicted octanol–water partition coefficient (Wildman–Crippen LogP) is 0.943. The van der Waals surface area contributed by atoms with Crippen LogP contribution < -0.4 is 10.0 Å². The van der Waals surface area contributed by atoms with Crippen LogP contribution in [0.2, 0.25) is 0 Å². The fraction of sp³-hybridized carbons (Fsp3) is 0.300. The molecule has 94 valence electrons. The summed E-state index contributed by atoms with van der Waals surface area (Å²) in [4.78, 5) is 10.6. The van der Waals surface area contributed by atoms with Gasteiger partial charge in [0.05, 0.1) is 11.9 Å². The fourth-order valence-corrected chi connectivity index (χ4v) is 1.75. The summed E-state index contributed by atoms with van der Waals surface area (Å²) in [6.45, 7) is 1.50. The summed E-state index contributed by atoms with van der Waals surface area (Å²) >= 11 is 0.